The highest BCUT2D eigenvalue weighted by atomic mass is 16.6. The minimum Gasteiger partial charge on any atom is -0.468 e. The van der Waals surface area contributed by atoms with Crippen molar-refractivity contribution in [2.75, 3.05) is 6.54 Å². The molecule has 0 fully saturated rings. The lowest BCUT2D eigenvalue weighted by molar-refractivity contribution is -0.386. The topological polar surface area (TPSA) is 88.2 Å². The number of hydrogen-bond acceptors (Lipinski definition) is 5. The number of benzene rings is 1. The van der Waals surface area contributed by atoms with Crippen LogP contribution in [0, 0.1) is 21.4 Å². The third-order valence-electron chi connectivity index (χ3n) is 2.76. The van der Waals surface area contributed by atoms with E-state index >= 15 is 0 Å². The molecular weight excluding hydrogens is 258 g/mol. The number of hydrogen-bond donors (Lipinski definition) is 1. The predicted octanol–water partition coefficient (Wildman–Crippen LogP) is 2.78. The van der Waals surface area contributed by atoms with Crippen LogP contribution in [-0.4, -0.2) is 17.6 Å². The minimum atomic E-state index is -0.669. The third kappa shape index (κ3) is 4.52. The molecule has 0 aliphatic rings. The van der Waals surface area contributed by atoms with Gasteiger partial charge in [-0.05, 0) is 31.0 Å². The van der Waals surface area contributed by atoms with Crippen LogP contribution in [0.25, 0.3) is 0 Å². The lowest BCUT2D eigenvalue weighted by Crippen LogP contribution is -2.15. The van der Waals surface area contributed by atoms with Gasteiger partial charge in [-0.1, -0.05) is 19.9 Å². The molecule has 20 heavy (non-hydrogen) atoms. The van der Waals surface area contributed by atoms with Gasteiger partial charge in [-0.25, -0.2) is 0 Å². The van der Waals surface area contributed by atoms with Crippen molar-refractivity contribution in [3.8, 4) is 11.8 Å². The van der Waals surface area contributed by atoms with E-state index in [1.54, 1.807) is 19.1 Å². The van der Waals surface area contributed by atoms with E-state index < -0.39 is 11.0 Å². The standard InChI is InChI=1S/C14H19N3O3/c1-3-7-16-10-11-5-6-14(13(8-11)17(18)19)20-12(4-2)9-15/h5-6,8,12,16H,3-4,7,10H2,1-2H3. The first-order chi connectivity index (χ1) is 9.62. The van der Waals surface area contributed by atoms with Crippen LogP contribution in [0.1, 0.15) is 32.3 Å². The van der Waals surface area contributed by atoms with Crippen LogP contribution < -0.4 is 10.1 Å². The third-order valence-corrected chi connectivity index (χ3v) is 2.76. The lowest BCUT2D eigenvalue weighted by atomic mass is 10.2. The van der Waals surface area contributed by atoms with E-state index in [9.17, 15) is 10.1 Å². The summed E-state index contributed by atoms with van der Waals surface area (Å²) in [5.74, 6) is 0.141. The van der Waals surface area contributed by atoms with Gasteiger partial charge in [0.1, 0.15) is 6.07 Å². The van der Waals surface area contributed by atoms with Gasteiger partial charge in [0.05, 0.1) is 4.92 Å². The highest BCUT2D eigenvalue weighted by Gasteiger charge is 2.18. The summed E-state index contributed by atoms with van der Waals surface area (Å²) < 4.78 is 5.36. The van der Waals surface area contributed by atoms with Crippen molar-refractivity contribution in [1.29, 1.82) is 5.26 Å². The Labute approximate surface area is 118 Å². The fraction of sp³-hybridized carbons (Fsp3) is 0.500. The van der Waals surface area contributed by atoms with Crippen LogP contribution in [0.5, 0.6) is 5.75 Å². The van der Waals surface area contributed by atoms with Gasteiger partial charge >= 0.3 is 5.69 Å². The Morgan fingerprint density at radius 3 is 2.80 bits per heavy atom. The van der Waals surface area contributed by atoms with Crippen LogP contribution in [0.2, 0.25) is 0 Å². The fourth-order valence-electron chi connectivity index (χ4n) is 1.68. The summed E-state index contributed by atoms with van der Waals surface area (Å²) in [5.41, 5.74) is 0.719. The molecule has 1 rings (SSSR count). The summed E-state index contributed by atoms with van der Waals surface area (Å²) >= 11 is 0. The van der Waals surface area contributed by atoms with Crippen molar-refractivity contribution in [1.82, 2.24) is 5.32 Å². The van der Waals surface area contributed by atoms with Gasteiger partial charge in [-0.15, -0.1) is 0 Å². The number of nitrogens with zero attached hydrogens (tertiary/aromatic N) is 2. The molecular formula is C14H19N3O3. The summed E-state index contributed by atoms with van der Waals surface area (Å²) in [6, 6.07) is 6.78. The molecule has 0 aliphatic heterocycles. The van der Waals surface area contributed by atoms with E-state index in [4.69, 9.17) is 10.00 Å². The van der Waals surface area contributed by atoms with Crippen LogP contribution in [0.4, 0.5) is 5.69 Å². The maximum atomic E-state index is 11.1. The molecule has 0 spiro atoms. The second kappa shape index (κ2) is 8.12. The predicted molar refractivity (Wildman–Crippen MR) is 75.4 cm³/mol. The van der Waals surface area contributed by atoms with Crippen molar-refractivity contribution in [2.24, 2.45) is 0 Å². The first-order valence-corrected chi connectivity index (χ1v) is 6.66. The van der Waals surface area contributed by atoms with Crippen LogP contribution in [-0.2, 0) is 6.54 Å². The van der Waals surface area contributed by atoms with Crippen LogP contribution in [0.15, 0.2) is 18.2 Å². The molecule has 1 aromatic carbocycles. The molecule has 1 N–H and O–H groups in total. The van der Waals surface area contributed by atoms with Crippen molar-refractivity contribution in [3.63, 3.8) is 0 Å². The zero-order valence-corrected chi connectivity index (χ0v) is 11.8. The Morgan fingerprint density at radius 2 is 2.25 bits per heavy atom. The average molecular weight is 277 g/mol. The summed E-state index contributed by atoms with van der Waals surface area (Å²) in [4.78, 5) is 10.6. The highest BCUT2D eigenvalue weighted by Crippen LogP contribution is 2.29. The van der Waals surface area contributed by atoms with Crippen molar-refractivity contribution < 1.29 is 9.66 Å². The number of nitro groups is 1. The number of nitro benzene ring substituents is 1. The zero-order chi connectivity index (χ0) is 15.0. The maximum Gasteiger partial charge on any atom is 0.311 e. The molecule has 6 nitrogen and oxygen atoms in total. The molecule has 0 radical (unpaired) electrons. The lowest BCUT2D eigenvalue weighted by Gasteiger charge is -2.11. The highest BCUT2D eigenvalue weighted by molar-refractivity contribution is 5.49. The monoisotopic (exact) mass is 277 g/mol. The quantitative estimate of drug-likeness (QED) is 0.448. The smallest absolute Gasteiger partial charge is 0.311 e. The Hall–Kier alpha value is -2.13. The van der Waals surface area contributed by atoms with Crippen molar-refractivity contribution in [2.45, 2.75) is 39.3 Å². The van der Waals surface area contributed by atoms with Gasteiger partial charge in [0, 0.05) is 12.6 Å². The van der Waals surface area contributed by atoms with E-state index in [1.165, 1.54) is 6.07 Å². The molecule has 0 aliphatic carbocycles. The van der Waals surface area contributed by atoms with Gasteiger partial charge in [-0.3, -0.25) is 10.1 Å². The van der Waals surface area contributed by atoms with Gasteiger partial charge in [0.15, 0.2) is 11.9 Å². The molecule has 108 valence electrons. The second-order valence-electron chi connectivity index (χ2n) is 4.38. The van der Waals surface area contributed by atoms with Gasteiger partial charge in [-0.2, -0.15) is 5.26 Å². The van der Waals surface area contributed by atoms with Gasteiger partial charge < -0.3 is 10.1 Å². The molecule has 0 heterocycles. The van der Waals surface area contributed by atoms with E-state index in [0.29, 0.717) is 13.0 Å². The zero-order valence-electron chi connectivity index (χ0n) is 11.8. The van der Waals surface area contributed by atoms with E-state index in [-0.39, 0.29) is 11.4 Å². The Kier molecular flexibility index (Phi) is 6.47. The van der Waals surface area contributed by atoms with Crippen LogP contribution >= 0.6 is 0 Å². The van der Waals surface area contributed by atoms with E-state index in [0.717, 1.165) is 18.5 Å². The molecule has 1 aromatic rings. The maximum absolute atomic E-state index is 11.1. The second-order valence-corrected chi connectivity index (χ2v) is 4.38. The largest absolute Gasteiger partial charge is 0.468 e. The Morgan fingerprint density at radius 1 is 1.50 bits per heavy atom. The molecule has 0 amide bonds. The summed E-state index contributed by atoms with van der Waals surface area (Å²) in [6.45, 7) is 5.28. The van der Waals surface area contributed by atoms with E-state index in [2.05, 4.69) is 12.2 Å². The number of nitrogens with one attached hydrogen (secondary N) is 1. The summed E-state index contributed by atoms with van der Waals surface area (Å²) in [7, 11) is 0. The molecule has 0 bridgehead atoms. The summed E-state index contributed by atoms with van der Waals surface area (Å²) in [5, 5.41) is 23.1. The van der Waals surface area contributed by atoms with Crippen LogP contribution in [0.3, 0.4) is 0 Å². The van der Waals surface area contributed by atoms with Gasteiger partial charge in [0.25, 0.3) is 0 Å². The first-order valence-electron chi connectivity index (χ1n) is 6.66. The molecule has 1 unspecified atom stereocenters. The molecule has 6 heteroatoms. The Bertz CT molecular complexity index is 497. The molecule has 1 atom stereocenters. The number of nitriles is 1. The minimum absolute atomic E-state index is 0.102. The molecule has 0 saturated heterocycles. The van der Waals surface area contributed by atoms with Crippen molar-refractivity contribution in [3.05, 3.63) is 33.9 Å². The first kappa shape index (κ1) is 15.9. The van der Waals surface area contributed by atoms with E-state index in [1.807, 2.05) is 6.07 Å². The normalized spacial score (nSPS) is 11.7. The Balaban J connectivity index is 2.90. The van der Waals surface area contributed by atoms with Crippen molar-refractivity contribution >= 4 is 5.69 Å². The fourth-order valence-corrected chi connectivity index (χ4v) is 1.68. The number of rotatable bonds is 8. The summed E-state index contributed by atoms with van der Waals surface area (Å²) in [6.07, 6.45) is 0.814. The van der Waals surface area contributed by atoms with Gasteiger partial charge in [0.2, 0.25) is 0 Å². The average Bonchev–Trinajstić information content (AvgIpc) is 2.45. The molecule has 0 aromatic heterocycles. The number of ether oxygens (including phenoxy) is 1. The molecule has 0 saturated carbocycles. The SMILES string of the molecule is CCCNCc1ccc(OC(C#N)CC)c([N+](=O)[O-])c1.